The van der Waals surface area contributed by atoms with E-state index in [0.717, 1.165) is 23.8 Å². The van der Waals surface area contributed by atoms with Crippen molar-refractivity contribution < 1.29 is 0 Å². The van der Waals surface area contributed by atoms with E-state index in [1.165, 1.54) is 5.56 Å². The molecule has 0 spiro atoms. The van der Waals surface area contributed by atoms with Crippen LogP contribution in [0.4, 0.5) is 5.69 Å². The molecule has 1 aromatic carbocycles. The molecule has 0 aliphatic carbocycles. The van der Waals surface area contributed by atoms with E-state index >= 15 is 0 Å². The number of anilines is 1. The van der Waals surface area contributed by atoms with E-state index < -0.39 is 0 Å². The maximum absolute atomic E-state index is 6.11. The van der Waals surface area contributed by atoms with Crippen molar-refractivity contribution in [2.24, 2.45) is 0 Å². The molecule has 0 saturated heterocycles. The molecule has 1 aromatic rings. The molecule has 2 heteroatoms. The van der Waals surface area contributed by atoms with Crippen LogP contribution in [0.25, 0.3) is 0 Å². The molecular formula is C11H16ClN. The van der Waals surface area contributed by atoms with Crippen molar-refractivity contribution in [1.82, 2.24) is 0 Å². The molecule has 0 aromatic heterocycles. The lowest BCUT2D eigenvalue weighted by Crippen LogP contribution is -2.22. The van der Waals surface area contributed by atoms with Crippen molar-refractivity contribution in [3.05, 3.63) is 28.8 Å². The van der Waals surface area contributed by atoms with Gasteiger partial charge in [0.2, 0.25) is 0 Å². The third-order valence-electron chi connectivity index (χ3n) is 2.21. The maximum Gasteiger partial charge on any atom is 0.0639 e. The maximum atomic E-state index is 6.11. The topological polar surface area (TPSA) is 3.24 Å². The Morgan fingerprint density at radius 1 is 1.23 bits per heavy atom. The van der Waals surface area contributed by atoms with E-state index in [0.29, 0.717) is 0 Å². The average Bonchev–Trinajstić information content (AvgIpc) is 2.13. The number of hydrogen-bond acceptors (Lipinski definition) is 1. The first-order chi connectivity index (χ1) is 6.19. The van der Waals surface area contributed by atoms with E-state index in [9.17, 15) is 0 Å². The Morgan fingerprint density at radius 3 is 2.38 bits per heavy atom. The normalized spacial score (nSPS) is 10.2. The summed E-state index contributed by atoms with van der Waals surface area (Å²) in [5.41, 5.74) is 2.40. The molecule has 0 fully saturated rings. The van der Waals surface area contributed by atoms with Crippen LogP contribution in [0.2, 0.25) is 5.02 Å². The minimum Gasteiger partial charge on any atom is -0.371 e. The van der Waals surface area contributed by atoms with Gasteiger partial charge in [-0.2, -0.15) is 0 Å². The Kier molecular flexibility index (Phi) is 3.61. The van der Waals surface area contributed by atoms with Gasteiger partial charge in [0.25, 0.3) is 0 Å². The Labute approximate surface area is 85.3 Å². The number of benzene rings is 1. The van der Waals surface area contributed by atoms with E-state index in [1.54, 1.807) is 0 Å². The van der Waals surface area contributed by atoms with Crippen molar-refractivity contribution in [3.63, 3.8) is 0 Å². The van der Waals surface area contributed by atoms with Crippen LogP contribution in [0, 0.1) is 6.92 Å². The van der Waals surface area contributed by atoms with Gasteiger partial charge in [0.1, 0.15) is 0 Å². The van der Waals surface area contributed by atoms with Gasteiger partial charge in [-0.15, -0.1) is 0 Å². The first kappa shape index (κ1) is 10.4. The fourth-order valence-corrected chi connectivity index (χ4v) is 1.67. The smallest absolute Gasteiger partial charge is 0.0639 e. The summed E-state index contributed by atoms with van der Waals surface area (Å²) in [6.07, 6.45) is 0. The third kappa shape index (κ3) is 2.38. The Balaban J connectivity index is 3.03. The second-order valence-electron chi connectivity index (χ2n) is 3.13. The fourth-order valence-electron chi connectivity index (χ4n) is 1.43. The van der Waals surface area contributed by atoms with Crippen molar-refractivity contribution in [2.45, 2.75) is 20.8 Å². The van der Waals surface area contributed by atoms with Crippen LogP contribution in [0.3, 0.4) is 0 Å². The molecule has 0 N–H and O–H groups in total. The van der Waals surface area contributed by atoms with Crippen LogP contribution >= 0.6 is 11.6 Å². The molecule has 13 heavy (non-hydrogen) atoms. The van der Waals surface area contributed by atoms with Crippen LogP contribution in [0.5, 0.6) is 0 Å². The van der Waals surface area contributed by atoms with Gasteiger partial charge in [-0.3, -0.25) is 0 Å². The molecule has 0 unspecified atom stereocenters. The highest BCUT2D eigenvalue weighted by Crippen LogP contribution is 2.26. The molecule has 0 heterocycles. The van der Waals surface area contributed by atoms with Crippen LogP contribution < -0.4 is 4.90 Å². The highest BCUT2D eigenvalue weighted by Gasteiger charge is 2.05. The molecule has 1 rings (SSSR count). The van der Waals surface area contributed by atoms with Crippen LogP contribution in [0.1, 0.15) is 19.4 Å². The number of rotatable bonds is 3. The first-order valence-corrected chi connectivity index (χ1v) is 5.08. The van der Waals surface area contributed by atoms with Crippen molar-refractivity contribution in [2.75, 3.05) is 18.0 Å². The molecule has 0 atom stereocenters. The van der Waals surface area contributed by atoms with Gasteiger partial charge < -0.3 is 4.90 Å². The van der Waals surface area contributed by atoms with Gasteiger partial charge in [-0.1, -0.05) is 17.7 Å². The molecule has 0 bridgehead atoms. The molecule has 0 saturated carbocycles. The SMILES string of the molecule is CCN(CC)c1cc(C)ccc1Cl. The van der Waals surface area contributed by atoms with Gasteiger partial charge >= 0.3 is 0 Å². The molecule has 1 nitrogen and oxygen atoms in total. The molecule has 0 amide bonds. The molecule has 72 valence electrons. The van der Waals surface area contributed by atoms with Crippen molar-refractivity contribution >= 4 is 17.3 Å². The van der Waals surface area contributed by atoms with Crippen LogP contribution in [-0.4, -0.2) is 13.1 Å². The molecule has 0 aliphatic rings. The van der Waals surface area contributed by atoms with Gasteiger partial charge in [0.15, 0.2) is 0 Å². The summed E-state index contributed by atoms with van der Waals surface area (Å²) in [6.45, 7) is 8.37. The first-order valence-electron chi connectivity index (χ1n) is 4.70. The fraction of sp³-hybridized carbons (Fsp3) is 0.455. The predicted octanol–water partition coefficient (Wildman–Crippen LogP) is 3.49. The number of aryl methyl sites for hydroxylation is 1. The van der Waals surface area contributed by atoms with Gasteiger partial charge in [-0.05, 0) is 38.5 Å². The second kappa shape index (κ2) is 4.52. The highest BCUT2D eigenvalue weighted by atomic mass is 35.5. The summed E-state index contributed by atoms with van der Waals surface area (Å²) in [4.78, 5) is 2.26. The standard InChI is InChI=1S/C11H16ClN/c1-4-13(5-2)11-8-9(3)6-7-10(11)12/h6-8H,4-5H2,1-3H3. The van der Waals surface area contributed by atoms with Crippen molar-refractivity contribution in [1.29, 1.82) is 0 Å². The lowest BCUT2D eigenvalue weighted by molar-refractivity contribution is 0.866. The van der Waals surface area contributed by atoms with E-state index in [2.05, 4.69) is 31.7 Å². The zero-order valence-electron chi connectivity index (χ0n) is 8.47. The molecule has 0 radical (unpaired) electrons. The van der Waals surface area contributed by atoms with E-state index in [1.807, 2.05) is 12.1 Å². The summed E-state index contributed by atoms with van der Waals surface area (Å²) >= 11 is 6.11. The molecule has 0 aliphatic heterocycles. The summed E-state index contributed by atoms with van der Waals surface area (Å²) in [5.74, 6) is 0. The zero-order valence-corrected chi connectivity index (χ0v) is 9.23. The zero-order chi connectivity index (χ0) is 9.84. The monoisotopic (exact) mass is 197 g/mol. The highest BCUT2D eigenvalue weighted by molar-refractivity contribution is 6.33. The lowest BCUT2D eigenvalue weighted by Gasteiger charge is -2.22. The summed E-state index contributed by atoms with van der Waals surface area (Å²) in [5, 5.41) is 0.842. The number of nitrogens with zero attached hydrogens (tertiary/aromatic N) is 1. The Bertz CT molecular complexity index is 279. The predicted molar refractivity (Wildman–Crippen MR) is 59.8 cm³/mol. The van der Waals surface area contributed by atoms with Gasteiger partial charge in [-0.25, -0.2) is 0 Å². The minimum absolute atomic E-state index is 0.842. The minimum atomic E-state index is 0.842. The Hall–Kier alpha value is -0.690. The van der Waals surface area contributed by atoms with Crippen molar-refractivity contribution in [3.8, 4) is 0 Å². The van der Waals surface area contributed by atoms with Gasteiger partial charge in [0, 0.05) is 13.1 Å². The quantitative estimate of drug-likeness (QED) is 0.717. The Morgan fingerprint density at radius 2 is 1.85 bits per heavy atom. The van der Waals surface area contributed by atoms with Gasteiger partial charge in [0.05, 0.1) is 10.7 Å². The lowest BCUT2D eigenvalue weighted by atomic mass is 10.2. The summed E-state index contributed by atoms with van der Waals surface area (Å²) < 4.78 is 0. The summed E-state index contributed by atoms with van der Waals surface area (Å²) in [7, 11) is 0. The van der Waals surface area contributed by atoms with E-state index in [4.69, 9.17) is 11.6 Å². The number of halogens is 1. The summed E-state index contributed by atoms with van der Waals surface area (Å²) in [6, 6.07) is 6.13. The largest absolute Gasteiger partial charge is 0.371 e. The van der Waals surface area contributed by atoms with E-state index in [-0.39, 0.29) is 0 Å². The average molecular weight is 198 g/mol. The molecular weight excluding hydrogens is 182 g/mol. The van der Waals surface area contributed by atoms with Crippen LogP contribution in [-0.2, 0) is 0 Å². The van der Waals surface area contributed by atoms with Crippen LogP contribution in [0.15, 0.2) is 18.2 Å². The second-order valence-corrected chi connectivity index (χ2v) is 3.53. The number of hydrogen-bond donors (Lipinski definition) is 0. The third-order valence-corrected chi connectivity index (χ3v) is 2.53.